The van der Waals surface area contributed by atoms with Gasteiger partial charge >= 0.3 is 29.6 Å². The topological polar surface area (TPSA) is 121 Å². The van der Waals surface area contributed by atoms with Crippen LogP contribution in [-0.2, 0) is 10.1 Å². The second kappa shape index (κ2) is 5.71. The van der Waals surface area contributed by atoms with Crippen LogP contribution in [0.25, 0.3) is 0 Å². The van der Waals surface area contributed by atoms with Crippen LogP contribution in [0.15, 0.2) is 24.3 Å². The summed E-state index contributed by atoms with van der Waals surface area (Å²) >= 11 is 0. The molecular weight excluding hydrogens is 249 g/mol. The molecule has 0 amide bonds. The molecule has 0 aliphatic carbocycles. The standard InChI is InChI=1S/C7H7NO6S.Na/c9-7(15(12,13)14)5-3-1-2-4-6(5)8(10)11;/h1-4,7,9H,(H,12,13,14);/q;+1/p-1. The van der Waals surface area contributed by atoms with Crippen molar-refractivity contribution < 1.29 is 52.6 Å². The van der Waals surface area contributed by atoms with Gasteiger partial charge in [0.15, 0.2) is 5.44 Å². The first-order chi connectivity index (χ1) is 6.84. The molecule has 0 fully saturated rings. The molecule has 0 radical (unpaired) electrons. The number of nitrogens with zero attached hydrogens (tertiary/aromatic N) is 1. The van der Waals surface area contributed by atoms with E-state index in [0.717, 1.165) is 12.1 Å². The Morgan fingerprint density at radius 1 is 1.31 bits per heavy atom. The van der Waals surface area contributed by atoms with E-state index in [2.05, 4.69) is 0 Å². The minimum absolute atomic E-state index is 0. The van der Waals surface area contributed by atoms with E-state index >= 15 is 0 Å². The van der Waals surface area contributed by atoms with Gasteiger partial charge in [0.1, 0.15) is 10.1 Å². The Morgan fingerprint density at radius 2 is 1.81 bits per heavy atom. The second-order valence-electron chi connectivity index (χ2n) is 2.66. The van der Waals surface area contributed by atoms with Gasteiger partial charge in [-0.05, 0) is 6.07 Å². The van der Waals surface area contributed by atoms with Gasteiger partial charge in [-0.15, -0.1) is 0 Å². The summed E-state index contributed by atoms with van der Waals surface area (Å²) in [6.45, 7) is 0. The molecule has 1 aromatic carbocycles. The van der Waals surface area contributed by atoms with Gasteiger partial charge in [-0.3, -0.25) is 10.1 Å². The normalized spacial score (nSPS) is 12.6. The number of nitro benzene ring substituents is 1. The molecule has 0 aromatic heterocycles. The maximum atomic E-state index is 10.5. The fraction of sp³-hybridized carbons (Fsp3) is 0.143. The van der Waals surface area contributed by atoms with E-state index in [1.165, 1.54) is 12.1 Å². The van der Waals surface area contributed by atoms with Crippen LogP contribution in [0.5, 0.6) is 0 Å². The Bertz CT molecular complexity index is 487. The van der Waals surface area contributed by atoms with E-state index in [-0.39, 0.29) is 29.6 Å². The maximum Gasteiger partial charge on any atom is 1.00 e. The Labute approximate surface area is 113 Å². The van der Waals surface area contributed by atoms with Crippen molar-refractivity contribution in [3.8, 4) is 0 Å². The van der Waals surface area contributed by atoms with E-state index in [4.69, 9.17) is 5.11 Å². The van der Waals surface area contributed by atoms with Crippen LogP contribution in [0, 0.1) is 10.1 Å². The average Bonchev–Trinajstić information content (AvgIpc) is 2.15. The second-order valence-corrected chi connectivity index (χ2v) is 4.09. The Kier molecular flexibility index (Phi) is 5.53. The zero-order valence-electron chi connectivity index (χ0n) is 8.23. The van der Waals surface area contributed by atoms with E-state index in [0.29, 0.717) is 0 Å². The monoisotopic (exact) mass is 255 g/mol. The molecule has 1 rings (SSSR count). The van der Waals surface area contributed by atoms with Gasteiger partial charge in [0.25, 0.3) is 5.69 Å². The number of aliphatic hydroxyl groups excluding tert-OH is 1. The fourth-order valence-corrected chi connectivity index (χ4v) is 1.53. The summed E-state index contributed by atoms with van der Waals surface area (Å²) < 4.78 is 31.4. The smallest absolute Gasteiger partial charge is 0.746 e. The Hall–Kier alpha value is -0.510. The molecule has 0 aliphatic heterocycles. The van der Waals surface area contributed by atoms with Gasteiger partial charge < -0.3 is 9.66 Å². The molecule has 0 bridgehead atoms. The molecular formula is C7H6NNaO6S. The zero-order chi connectivity index (χ0) is 11.6. The molecule has 9 heteroatoms. The number of nitro groups is 1. The van der Waals surface area contributed by atoms with Crippen LogP contribution in [0.3, 0.4) is 0 Å². The van der Waals surface area contributed by atoms with E-state index in [9.17, 15) is 23.1 Å². The number of rotatable bonds is 3. The van der Waals surface area contributed by atoms with Crippen molar-refractivity contribution in [3.63, 3.8) is 0 Å². The van der Waals surface area contributed by atoms with Crippen LogP contribution < -0.4 is 29.6 Å². The predicted molar refractivity (Wildman–Crippen MR) is 47.8 cm³/mol. The molecule has 0 aliphatic rings. The largest absolute Gasteiger partial charge is 1.00 e. The van der Waals surface area contributed by atoms with E-state index in [1.54, 1.807) is 0 Å². The van der Waals surface area contributed by atoms with Crippen LogP contribution in [0.1, 0.15) is 11.0 Å². The van der Waals surface area contributed by atoms with Crippen molar-refractivity contribution in [2.24, 2.45) is 0 Å². The van der Waals surface area contributed by atoms with Gasteiger partial charge in [0, 0.05) is 6.07 Å². The number of aliphatic hydroxyl groups is 1. The van der Waals surface area contributed by atoms with Crippen molar-refractivity contribution in [3.05, 3.63) is 39.9 Å². The minimum atomic E-state index is -5.01. The molecule has 16 heavy (non-hydrogen) atoms. The third-order valence-electron chi connectivity index (χ3n) is 1.67. The van der Waals surface area contributed by atoms with Crippen molar-refractivity contribution in [2.45, 2.75) is 5.44 Å². The van der Waals surface area contributed by atoms with E-state index in [1.807, 2.05) is 0 Å². The first-order valence-electron chi connectivity index (χ1n) is 3.70. The van der Waals surface area contributed by atoms with Gasteiger partial charge in [-0.25, -0.2) is 8.42 Å². The van der Waals surface area contributed by atoms with Gasteiger partial charge in [-0.1, -0.05) is 12.1 Å². The number of hydrogen-bond donors (Lipinski definition) is 1. The molecule has 1 unspecified atom stereocenters. The van der Waals surface area contributed by atoms with Crippen molar-refractivity contribution in [2.75, 3.05) is 0 Å². The maximum absolute atomic E-state index is 10.5. The molecule has 0 saturated heterocycles. The molecule has 1 N–H and O–H groups in total. The SMILES string of the molecule is O=[N+]([O-])c1ccccc1C(O)S(=O)(=O)[O-].[Na+]. The summed E-state index contributed by atoms with van der Waals surface area (Å²) in [5.74, 6) is 0. The molecule has 0 spiro atoms. The number of para-hydroxylation sites is 1. The molecule has 1 atom stereocenters. The summed E-state index contributed by atoms with van der Waals surface area (Å²) in [6.07, 6.45) is 0. The van der Waals surface area contributed by atoms with Gasteiger partial charge in [0.05, 0.1) is 10.5 Å². The molecule has 0 saturated carbocycles. The number of benzene rings is 1. The van der Waals surface area contributed by atoms with Crippen LogP contribution >= 0.6 is 0 Å². The van der Waals surface area contributed by atoms with Crippen LogP contribution in [0.2, 0.25) is 0 Å². The number of hydrogen-bond acceptors (Lipinski definition) is 6. The van der Waals surface area contributed by atoms with Crippen LogP contribution in [0.4, 0.5) is 5.69 Å². The summed E-state index contributed by atoms with van der Waals surface area (Å²) in [5, 5.41) is 19.5. The third kappa shape index (κ3) is 3.51. The molecule has 1 aromatic rings. The Balaban J connectivity index is 0.00000225. The van der Waals surface area contributed by atoms with Crippen LogP contribution in [-0.4, -0.2) is 23.0 Å². The summed E-state index contributed by atoms with van der Waals surface area (Å²) in [4.78, 5) is 9.58. The Morgan fingerprint density at radius 3 is 2.25 bits per heavy atom. The zero-order valence-corrected chi connectivity index (χ0v) is 11.0. The van der Waals surface area contributed by atoms with Crippen molar-refractivity contribution >= 4 is 15.8 Å². The summed E-state index contributed by atoms with van der Waals surface area (Å²) in [7, 11) is -5.01. The summed E-state index contributed by atoms with van der Waals surface area (Å²) in [5.41, 5.74) is -3.55. The van der Waals surface area contributed by atoms with Crippen molar-refractivity contribution in [1.29, 1.82) is 0 Å². The average molecular weight is 255 g/mol. The molecule has 82 valence electrons. The first-order valence-corrected chi connectivity index (χ1v) is 5.17. The van der Waals surface area contributed by atoms with Gasteiger partial charge in [-0.2, -0.15) is 0 Å². The molecule has 7 nitrogen and oxygen atoms in total. The van der Waals surface area contributed by atoms with Gasteiger partial charge in [0.2, 0.25) is 0 Å². The summed E-state index contributed by atoms with van der Waals surface area (Å²) in [6, 6.07) is 4.60. The quantitative estimate of drug-likeness (QED) is 0.268. The van der Waals surface area contributed by atoms with Crippen molar-refractivity contribution in [1.82, 2.24) is 0 Å². The van der Waals surface area contributed by atoms with E-state index < -0.39 is 31.7 Å². The third-order valence-corrected chi connectivity index (χ3v) is 2.47. The molecule has 0 heterocycles. The minimum Gasteiger partial charge on any atom is -0.746 e. The predicted octanol–water partition coefficient (Wildman–Crippen LogP) is -2.87. The first kappa shape index (κ1) is 15.5. The fourth-order valence-electron chi connectivity index (χ4n) is 1.02.